The summed E-state index contributed by atoms with van der Waals surface area (Å²) in [7, 11) is 0. The predicted octanol–water partition coefficient (Wildman–Crippen LogP) is 2.82. The third-order valence-electron chi connectivity index (χ3n) is 3.18. The fraction of sp³-hybridized carbons (Fsp3) is 0.176. The number of rotatable bonds is 6. The van der Waals surface area contributed by atoms with E-state index >= 15 is 0 Å². The molecule has 1 amide bonds. The molecule has 0 atom stereocenters. The first kappa shape index (κ1) is 17.1. The second-order valence-corrected chi connectivity index (χ2v) is 5.14. The van der Waals surface area contributed by atoms with Crippen molar-refractivity contribution >= 4 is 17.3 Å². The van der Waals surface area contributed by atoms with E-state index in [1.807, 2.05) is 25.1 Å². The van der Waals surface area contributed by atoms with Gasteiger partial charge in [-0.15, -0.1) is 0 Å². The Labute approximate surface area is 139 Å². The van der Waals surface area contributed by atoms with Crippen molar-refractivity contribution in [3.63, 3.8) is 0 Å². The number of ether oxygens (including phenoxy) is 1. The normalized spacial score (nSPS) is 11.0. The smallest absolute Gasteiger partial charge is 0.277 e. The molecule has 2 aromatic rings. The van der Waals surface area contributed by atoms with Crippen LogP contribution in [0.5, 0.6) is 5.75 Å². The van der Waals surface area contributed by atoms with Crippen LogP contribution in [0.1, 0.15) is 18.1 Å². The van der Waals surface area contributed by atoms with E-state index in [0.29, 0.717) is 17.0 Å². The average Bonchev–Trinajstić information content (AvgIpc) is 2.58. The molecular weight excluding hydrogens is 310 g/mol. The lowest BCUT2D eigenvalue weighted by molar-refractivity contribution is -0.384. The highest BCUT2D eigenvalue weighted by Gasteiger charge is 2.08. The van der Waals surface area contributed by atoms with Crippen LogP contribution in [0.15, 0.2) is 53.6 Å². The Morgan fingerprint density at radius 3 is 2.71 bits per heavy atom. The van der Waals surface area contributed by atoms with Crippen LogP contribution in [0.3, 0.4) is 0 Å². The number of amides is 1. The molecule has 0 radical (unpaired) electrons. The minimum Gasteiger partial charge on any atom is -0.484 e. The zero-order valence-electron chi connectivity index (χ0n) is 13.4. The minimum atomic E-state index is -0.481. The minimum absolute atomic E-state index is 0.0313. The second-order valence-electron chi connectivity index (χ2n) is 5.14. The molecule has 0 saturated carbocycles. The Kier molecular flexibility index (Phi) is 5.62. The Morgan fingerprint density at radius 1 is 1.25 bits per heavy atom. The van der Waals surface area contributed by atoms with Gasteiger partial charge in [0, 0.05) is 17.7 Å². The number of nitrogens with zero attached hydrogens (tertiary/aromatic N) is 2. The summed E-state index contributed by atoms with van der Waals surface area (Å²) in [4.78, 5) is 22.0. The van der Waals surface area contributed by atoms with Gasteiger partial charge in [-0.05, 0) is 31.5 Å². The van der Waals surface area contributed by atoms with Crippen LogP contribution >= 0.6 is 0 Å². The van der Waals surface area contributed by atoms with Gasteiger partial charge in [0.15, 0.2) is 6.61 Å². The standard InChI is InChI=1S/C17H17N3O4/c1-12-5-3-8-16(9-12)24-11-17(21)19-18-13(2)14-6-4-7-15(10-14)20(22)23/h3-10H,11H2,1-2H3,(H,19,21)/b18-13-. The highest BCUT2D eigenvalue weighted by atomic mass is 16.6. The number of carbonyl (C=O) groups excluding carboxylic acids is 1. The lowest BCUT2D eigenvalue weighted by atomic mass is 10.1. The molecule has 0 saturated heterocycles. The van der Waals surface area contributed by atoms with E-state index in [-0.39, 0.29) is 12.3 Å². The number of aryl methyl sites for hydroxylation is 1. The maximum atomic E-state index is 11.8. The van der Waals surface area contributed by atoms with Gasteiger partial charge in [-0.3, -0.25) is 14.9 Å². The van der Waals surface area contributed by atoms with Gasteiger partial charge in [-0.1, -0.05) is 24.3 Å². The third kappa shape index (κ3) is 4.91. The number of carbonyl (C=O) groups is 1. The molecule has 7 nitrogen and oxygen atoms in total. The van der Waals surface area contributed by atoms with Gasteiger partial charge < -0.3 is 4.74 Å². The summed E-state index contributed by atoms with van der Waals surface area (Å²) in [6.07, 6.45) is 0. The number of nitrogens with one attached hydrogen (secondary N) is 1. The summed E-state index contributed by atoms with van der Waals surface area (Å²) in [6.45, 7) is 3.41. The molecule has 24 heavy (non-hydrogen) atoms. The second kappa shape index (κ2) is 7.87. The number of nitro benzene ring substituents is 1. The van der Waals surface area contributed by atoms with Crippen molar-refractivity contribution in [2.24, 2.45) is 5.10 Å². The van der Waals surface area contributed by atoms with Crippen molar-refractivity contribution in [1.82, 2.24) is 5.43 Å². The topological polar surface area (TPSA) is 93.8 Å². The first-order valence-electron chi connectivity index (χ1n) is 7.23. The number of hydrogen-bond donors (Lipinski definition) is 1. The van der Waals surface area contributed by atoms with Gasteiger partial charge in [-0.25, -0.2) is 5.43 Å². The number of nitro groups is 1. The fourth-order valence-electron chi connectivity index (χ4n) is 1.94. The van der Waals surface area contributed by atoms with E-state index in [4.69, 9.17) is 4.74 Å². The summed E-state index contributed by atoms with van der Waals surface area (Å²) < 4.78 is 5.37. The van der Waals surface area contributed by atoms with Crippen LogP contribution in [0.2, 0.25) is 0 Å². The van der Waals surface area contributed by atoms with Crippen molar-refractivity contribution in [2.75, 3.05) is 6.61 Å². The van der Waals surface area contributed by atoms with Crippen molar-refractivity contribution in [1.29, 1.82) is 0 Å². The molecule has 0 spiro atoms. The summed E-state index contributed by atoms with van der Waals surface area (Å²) in [5.74, 6) is 0.186. The predicted molar refractivity (Wildman–Crippen MR) is 90.1 cm³/mol. The Hall–Kier alpha value is -3.22. The average molecular weight is 327 g/mol. The van der Waals surface area contributed by atoms with Crippen LogP contribution in [0.25, 0.3) is 0 Å². The van der Waals surface area contributed by atoms with Gasteiger partial charge in [0.05, 0.1) is 10.6 Å². The fourth-order valence-corrected chi connectivity index (χ4v) is 1.94. The van der Waals surface area contributed by atoms with Gasteiger partial charge >= 0.3 is 0 Å². The van der Waals surface area contributed by atoms with Gasteiger partial charge in [-0.2, -0.15) is 5.10 Å². The first-order valence-corrected chi connectivity index (χ1v) is 7.23. The van der Waals surface area contributed by atoms with Crippen LogP contribution in [-0.2, 0) is 4.79 Å². The number of non-ortho nitro benzene ring substituents is 1. The van der Waals surface area contributed by atoms with E-state index in [0.717, 1.165) is 5.56 Å². The molecule has 0 aliphatic rings. The Bertz CT molecular complexity index is 787. The molecule has 2 aromatic carbocycles. The van der Waals surface area contributed by atoms with Crippen LogP contribution < -0.4 is 10.2 Å². The van der Waals surface area contributed by atoms with Crippen LogP contribution in [-0.4, -0.2) is 23.1 Å². The zero-order chi connectivity index (χ0) is 17.5. The van der Waals surface area contributed by atoms with Gasteiger partial charge in [0.2, 0.25) is 0 Å². The number of hydrazone groups is 1. The summed E-state index contributed by atoms with van der Waals surface area (Å²) in [6, 6.07) is 13.4. The van der Waals surface area contributed by atoms with Crippen LogP contribution in [0.4, 0.5) is 5.69 Å². The summed E-state index contributed by atoms with van der Waals surface area (Å²) in [5, 5.41) is 14.7. The number of benzene rings is 2. The zero-order valence-corrected chi connectivity index (χ0v) is 13.4. The van der Waals surface area contributed by atoms with Gasteiger partial charge in [0.1, 0.15) is 5.75 Å². The molecule has 0 heterocycles. The van der Waals surface area contributed by atoms with E-state index < -0.39 is 10.8 Å². The molecule has 0 aliphatic heterocycles. The maximum Gasteiger partial charge on any atom is 0.277 e. The Morgan fingerprint density at radius 2 is 2.00 bits per heavy atom. The van der Waals surface area contributed by atoms with E-state index in [1.54, 1.807) is 25.1 Å². The molecule has 0 unspecified atom stereocenters. The molecule has 0 aromatic heterocycles. The quantitative estimate of drug-likeness (QED) is 0.501. The molecule has 0 bridgehead atoms. The molecule has 124 valence electrons. The summed E-state index contributed by atoms with van der Waals surface area (Å²) in [5.41, 5.74) is 4.39. The number of hydrogen-bond acceptors (Lipinski definition) is 5. The lowest BCUT2D eigenvalue weighted by Crippen LogP contribution is -2.25. The molecule has 0 fully saturated rings. The van der Waals surface area contributed by atoms with Crippen molar-refractivity contribution in [3.05, 3.63) is 69.8 Å². The van der Waals surface area contributed by atoms with Crippen molar-refractivity contribution in [3.8, 4) is 5.75 Å². The molecule has 7 heteroatoms. The lowest BCUT2D eigenvalue weighted by Gasteiger charge is -2.06. The maximum absolute atomic E-state index is 11.8. The molecule has 1 N–H and O–H groups in total. The van der Waals surface area contributed by atoms with Crippen molar-refractivity contribution in [2.45, 2.75) is 13.8 Å². The van der Waals surface area contributed by atoms with E-state index in [1.165, 1.54) is 12.1 Å². The van der Waals surface area contributed by atoms with E-state index in [9.17, 15) is 14.9 Å². The Balaban J connectivity index is 1.93. The third-order valence-corrected chi connectivity index (χ3v) is 3.18. The highest BCUT2D eigenvalue weighted by molar-refractivity contribution is 5.99. The largest absolute Gasteiger partial charge is 0.484 e. The molecule has 0 aliphatic carbocycles. The first-order chi connectivity index (χ1) is 11.5. The van der Waals surface area contributed by atoms with E-state index in [2.05, 4.69) is 10.5 Å². The summed E-state index contributed by atoms with van der Waals surface area (Å²) >= 11 is 0. The van der Waals surface area contributed by atoms with Gasteiger partial charge in [0.25, 0.3) is 11.6 Å². The van der Waals surface area contributed by atoms with Crippen molar-refractivity contribution < 1.29 is 14.5 Å². The monoisotopic (exact) mass is 327 g/mol. The highest BCUT2D eigenvalue weighted by Crippen LogP contribution is 2.14. The molecular formula is C17H17N3O4. The van der Waals surface area contributed by atoms with Crippen LogP contribution in [0, 0.1) is 17.0 Å². The molecule has 2 rings (SSSR count). The SMILES string of the molecule is C/C(=N/NC(=O)COc1cccc(C)c1)c1cccc([N+](=O)[O-])c1.